The number of alkyl carbamates (subject to hydrolysis) is 1. The fourth-order valence-corrected chi connectivity index (χ4v) is 8.83. The van der Waals surface area contributed by atoms with Crippen molar-refractivity contribution in [2.75, 3.05) is 45.9 Å². The number of carboxylic acids is 1. The van der Waals surface area contributed by atoms with Gasteiger partial charge in [0.25, 0.3) is 0 Å². The lowest BCUT2D eigenvalue weighted by Gasteiger charge is -2.29. The molecule has 0 saturated carbocycles. The molecule has 12 atom stereocenters. The maximum atomic E-state index is 14.3. The van der Waals surface area contributed by atoms with Crippen LogP contribution in [0.4, 0.5) is 4.79 Å². The molecule has 0 fully saturated rings. The van der Waals surface area contributed by atoms with Gasteiger partial charge >= 0.3 is 12.1 Å². The van der Waals surface area contributed by atoms with Gasteiger partial charge in [-0.15, -0.1) is 0 Å². The molecule has 89 heavy (non-hydrogen) atoms. The number of aliphatic hydroxyl groups excluding tert-OH is 2. The van der Waals surface area contributed by atoms with Crippen LogP contribution in [0.25, 0.3) is 0 Å². The average molecular weight is 1270 g/mol. The summed E-state index contributed by atoms with van der Waals surface area (Å²) in [5.41, 5.74) is 29.0. The van der Waals surface area contributed by atoms with Crippen LogP contribution in [0.2, 0.25) is 0 Å². The highest BCUT2D eigenvalue weighted by Gasteiger charge is 2.37. The first-order chi connectivity index (χ1) is 41.9. The highest BCUT2D eigenvalue weighted by molar-refractivity contribution is 5.99. The number of carbonyl (C=O) groups excluding carboxylic acids is 11. The molecule has 24 N–H and O–H groups in total. The SMILES string of the molecule is C=CCOC(=O)NCC[C@H](NC(=O)[C@H](CCN)NC(=O)[C@@H](NC(=O)[C@H](CCN)NC(=O)CCCCCC(C)C)[C@H](C)O)C(=O)N[C@@H](CCN)C(=O)N[C@H](CC(C)C)C(=O)N[C@@H](CC(C)C)C(=O)N[C@@H](CCN)C(=O)N[C@@H](CCN)C(=O)N[C@H](C(=O)O)[C@@H](C)O. The van der Waals surface area contributed by atoms with Crippen LogP contribution in [0.5, 0.6) is 0 Å². The van der Waals surface area contributed by atoms with Gasteiger partial charge in [0.1, 0.15) is 61.0 Å². The molecule has 0 radical (unpaired) electrons. The molecular formula is C57H106N16O16. The molecule has 32 nitrogen and oxygen atoms in total. The average Bonchev–Trinajstić information content (AvgIpc) is 2.05. The first-order valence-corrected chi connectivity index (χ1v) is 30.5. The van der Waals surface area contributed by atoms with Gasteiger partial charge in [-0.05, 0) is 122 Å². The van der Waals surface area contributed by atoms with Crippen molar-refractivity contribution in [2.24, 2.45) is 46.4 Å². The number of carboxylic acid groups (broad SMARTS) is 1. The summed E-state index contributed by atoms with van der Waals surface area (Å²) in [6, 6.07) is -14.7. The number of rotatable bonds is 47. The highest BCUT2D eigenvalue weighted by atomic mass is 16.5. The number of aliphatic carboxylic acids is 1. The Morgan fingerprint density at radius 2 is 0.730 bits per heavy atom. The molecule has 0 saturated heterocycles. The number of aliphatic hydroxyl groups is 2. The Balaban J connectivity index is 6.79. The minimum absolute atomic E-state index is 0.00782. The fourth-order valence-electron chi connectivity index (χ4n) is 8.83. The molecule has 510 valence electrons. The van der Waals surface area contributed by atoms with E-state index in [1.165, 1.54) is 13.0 Å². The standard InChI is InChI=1S/C57H106N16O16/c1-10-28-89-57(88)63-27-21-41(68-48(78)39(19-25-61)69-55(85)45(34(8)74)72-51(81)36(16-22-58)64-44(76)15-13-11-12-14-31(2)3)50(80)65-38(18-24-60)49(79)70-43(30-33(6)7)54(84)71-42(29-32(4)5)53(83)67-37(17-23-59)47(77)66-40(20-26-62)52(82)73-46(35(9)75)56(86)87/h10,31-43,45-46,74-75H,1,11-30,58-62H2,2-9H3,(H,63,88)(H,64,76)(H,65,80)(H,66,77)(H,67,83)(H,68,78)(H,69,85)(H,70,79)(H,71,84)(H,72,81)(H,73,82)(H,86,87)/t34-,35+,36-,37-,38-,39-,40-,41-,42-,43+,45-,46-/m0/s1. The summed E-state index contributed by atoms with van der Waals surface area (Å²) in [4.78, 5) is 162. The predicted molar refractivity (Wildman–Crippen MR) is 330 cm³/mol. The summed E-state index contributed by atoms with van der Waals surface area (Å²) < 4.78 is 4.95. The summed E-state index contributed by atoms with van der Waals surface area (Å²) in [6.45, 7) is 15.8. The second-order valence-corrected chi connectivity index (χ2v) is 23.1. The zero-order valence-corrected chi connectivity index (χ0v) is 53.1. The quantitative estimate of drug-likeness (QED) is 0.0201. The number of nitrogens with one attached hydrogen (secondary N) is 11. The summed E-state index contributed by atoms with van der Waals surface area (Å²) >= 11 is 0. The van der Waals surface area contributed by atoms with Gasteiger partial charge in [0.2, 0.25) is 59.1 Å². The van der Waals surface area contributed by atoms with Gasteiger partial charge in [-0.1, -0.05) is 73.5 Å². The lowest BCUT2D eigenvalue weighted by Crippen LogP contribution is -2.62. The highest BCUT2D eigenvalue weighted by Crippen LogP contribution is 2.13. The Bertz CT molecular complexity index is 2260. The molecule has 0 aliphatic heterocycles. The van der Waals surface area contributed by atoms with Gasteiger partial charge in [-0.25, -0.2) is 9.59 Å². The molecule has 0 aromatic rings. The third-order valence-electron chi connectivity index (χ3n) is 13.6. The maximum absolute atomic E-state index is 14.3. The van der Waals surface area contributed by atoms with Crippen LogP contribution >= 0.6 is 0 Å². The summed E-state index contributed by atoms with van der Waals surface area (Å²) in [5.74, 6) is -10.3. The molecule has 0 aromatic heterocycles. The van der Waals surface area contributed by atoms with Crippen LogP contribution in [-0.4, -0.2) is 205 Å². The predicted octanol–water partition coefficient (Wildman–Crippen LogP) is -4.57. The lowest BCUT2D eigenvalue weighted by molar-refractivity contribution is -0.145. The number of nitrogens with two attached hydrogens (primary N) is 5. The van der Waals surface area contributed by atoms with Crippen molar-refractivity contribution in [1.29, 1.82) is 0 Å². The molecule has 0 unspecified atom stereocenters. The van der Waals surface area contributed by atoms with Crippen molar-refractivity contribution in [3.63, 3.8) is 0 Å². The van der Waals surface area contributed by atoms with Gasteiger partial charge in [-0.2, -0.15) is 0 Å². The van der Waals surface area contributed by atoms with Crippen molar-refractivity contribution in [2.45, 2.75) is 211 Å². The van der Waals surface area contributed by atoms with Crippen LogP contribution in [-0.2, 0) is 57.5 Å². The number of ether oxygens (including phenoxy) is 1. The van der Waals surface area contributed by atoms with Crippen LogP contribution < -0.4 is 87.2 Å². The normalized spacial score (nSPS) is 15.3. The summed E-state index contributed by atoms with van der Waals surface area (Å²) in [7, 11) is 0. The van der Waals surface area contributed by atoms with Crippen molar-refractivity contribution >= 4 is 71.1 Å². The van der Waals surface area contributed by atoms with E-state index >= 15 is 0 Å². The molecule has 0 spiro atoms. The third-order valence-corrected chi connectivity index (χ3v) is 13.6. The molecule has 0 aliphatic carbocycles. The van der Waals surface area contributed by atoms with Crippen LogP contribution in [0.15, 0.2) is 12.7 Å². The molecule has 11 amide bonds. The lowest BCUT2D eigenvalue weighted by atomic mass is 9.99. The number of amides is 11. The summed E-state index contributed by atoms with van der Waals surface area (Å²) in [6.07, 6.45) is -0.385. The van der Waals surface area contributed by atoms with Gasteiger partial charge < -0.3 is 107 Å². The number of hydrogen-bond donors (Lipinski definition) is 19. The first kappa shape index (κ1) is 81.9. The second kappa shape index (κ2) is 45.2. The van der Waals surface area contributed by atoms with Crippen molar-refractivity contribution < 1.29 is 77.6 Å². The number of hydrogen-bond acceptors (Lipinski definition) is 20. The van der Waals surface area contributed by atoms with E-state index in [9.17, 15) is 72.9 Å². The molecule has 0 rings (SSSR count). The monoisotopic (exact) mass is 1270 g/mol. The minimum atomic E-state index is -1.72. The van der Waals surface area contributed by atoms with E-state index in [1.54, 1.807) is 27.7 Å². The number of unbranched alkanes of at least 4 members (excludes halogenated alkanes) is 2. The van der Waals surface area contributed by atoms with E-state index in [1.807, 2.05) is 0 Å². The first-order valence-electron chi connectivity index (χ1n) is 30.5. The molecule has 0 bridgehead atoms. The van der Waals surface area contributed by atoms with Crippen LogP contribution in [0.1, 0.15) is 139 Å². The second-order valence-electron chi connectivity index (χ2n) is 23.1. The van der Waals surface area contributed by atoms with Gasteiger partial charge in [0.15, 0.2) is 6.04 Å². The zero-order valence-electron chi connectivity index (χ0n) is 53.1. The van der Waals surface area contributed by atoms with Crippen molar-refractivity contribution in [3.8, 4) is 0 Å². The fraction of sp³-hybridized carbons (Fsp3) is 0.754. The van der Waals surface area contributed by atoms with Crippen LogP contribution in [0.3, 0.4) is 0 Å². The Morgan fingerprint density at radius 3 is 1.07 bits per heavy atom. The molecule has 0 aliphatic rings. The van der Waals surface area contributed by atoms with E-state index in [0.717, 1.165) is 26.2 Å². The van der Waals surface area contributed by atoms with E-state index in [0.29, 0.717) is 12.3 Å². The van der Waals surface area contributed by atoms with E-state index < -0.39 is 144 Å². The van der Waals surface area contributed by atoms with Gasteiger partial charge in [-0.3, -0.25) is 47.9 Å². The Kier molecular flexibility index (Phi) is 41.6. The van der Waals surface area contributed by atoms with E-state index in [2.05, 4.69) is 78.9 Å². The Morgan fingerprint density at radius 1 is 0.404 bits per heavy atom. The summed E-state index contributed by atoms with van der Waals surface area (Å²) in [5, 5.41) is 57.5. The molecule has 32 heteroatoms. The molecule has 0 aromatic carbocycles. The molecular weight excluding hydrogens is 1160 g/mol. The van der Waals surface area contributed by atoms with Crippen LogP contribution in [0, 0.1) is 17.8 Å². The minimum Gasteiger partial charge on any atom is -0.480 e. The topological polar surface area (TPSA) is 537 Å². The molecule has 0 heterocycles. The van der Waals surface area contributed by atoms with Gasteiger partial charge in [0, 0.05) is 13.0 Å². The largest absolute Gasteiger partial charge is 0.480 e. The van der Waals surface area contributed by atoms with Crippen molar-refractivity contribution in [1.82, 2.24) is 58.5 Å². The maximum Gasteiger partial charge on any atom is 0.407 e. The van der Waals surface area contributed by atoms with E-state index in [4.69, 9.17) is 33.4 Å². The van der Waals surface area contributed by atoms with Crippen molar-refractivity contribution in [3.05, 3.63) is 12.7 Å². The third kappa shape index (κ3) is 33.9. The van der Waals surface area contributed by atoms with E-state index in [-0.39, 0.29) is 115 Å². The van der Waals surface area contributed by atoms with Gasteiger partial charge in [0.05, 0.1) is 12.2 Å². The Labute approximate surface area is 522 Å². The smallest absolute Gasteiger partial charge is 0.407 e. The Hall–Kier alpha value is -7.10. The number of carbonyl (C=O) groups is 12. The zero-order chi connectivity index (χ0) is 67.9.